The second kappa shape index (κ2) is 5.35. The minimum absolute atomic E-state index is 0.185. The maximum Gasteiger partial charge on any atom is 0.334 e. The van der Waals surface area contributed by atoms with Crippen molar-refractivity contribution in [3.8, 4) is 0 Å². The van der Waals surface area contributed by atoms with Crippen LogP contribution in [-0.4, -0.2) is 23.7 Å². The van der Waals surface area contributed by atoms with Crippen molar-refractivity contribution >= 4 is 11.9 Å². The van der Waals surface area contributed by atoms with Gasteiger partial charge < -0.3 is 9.84 Å². The number of hydrogen-bond acceptors (Lipinski definition) is 3. The number of carbonyl (C=O) groups excluding carboxylic acids is 1. The lowest BCUT2D eigenvalue weighted by Crippen LogP contribution is -2.08. The number of carbonyl (C=O) groups is 2. The summed E-state index contributed by atoms with van der Waals surface area (Å²) >= 11 is 0. The fourth-order valence-electron chi connectivity index (χ4n) is 0.678. The molecule has 0 aromatic heterocycles. The Labute approximate surface area is 70.8 Å². The Hall–Kier alpha value is -1.32. The molecule has 0 aromatic rings. The van der Waals surface area contributed by atoms with Crippen LogP contribution >= 0.6 is 0 Å². The quantitative estimate of drug-likeness (QED) is 0.507. The first-order valence-corrected chi connectivity index (χ1v) is 3.72. The van der Waals surface area contributed by atoms with Crippen LogP contribution in [0.2, 0.25) is 0 Å². The van der Waals surface area contributed by atoms with Crippen molar-refractivity contribution in [2.24, 2.45) is 0 Å². The number of ether oxygens (including phenoxy) is 1. The van der Waals surface area contributed by atoms with E-state index < -0.39 is 11.9 Å². The van der Waals surface area contributed by atoms with Gasteiger partial charge in [0.1, 0.15) is 0 Å². The molecule has 68 valence electrons. The molecule has 0 aliphatic heterocycles. The van der Waals surface area contributed by atoms with E-state index in [-0.39, 0.29) is 12.2 Å². The van der Waals surface area contributed by atoms with Crippen molar-refractivity contribution in [3.63, 3.8) is 0 Å². The van der Waals surface area contributed by atoms with Crippen LogP contribution in [0.15, 0.2) is 11.6 Å². The molecule has 0 unspecified atom stereocenters. The highest BCUT2D eigenvalue weighted by Gasteiger charge is 2.09. The monoisotopic (exact) mass is 172 g/mol. The average molecular weight is 172 g/mol. The first kappa shape index (κ1) is 10.7. The Morgan fingerprint density at radius 1 is 1.42 bits per heavy atom. The van der Waals surface area contributed by atoms with E-state index in [4.69, 9.17) is 5.11 Å². The fourth-order valence-corrected chi connectivity index (χ4v) is 0.678. The highest BCUT2D eigenvalue weighted by Crippen LogP contribution is 2.02. The summed E-state index contributed by atoms with van der Waals surface area (Å²) in [4.78, 5) is 21.1. The maximum atomic E-state index is 11.0. The molecule has 0 saturated carbocycles. The number of aliphatic carboxylic acids is 1. The summed E-state index contributed by atoms with van der Waals surface area (Å²) in [5, 5.41) is 8.35. The highest BCUT2D eigenvalue weighted by molar-refractivity contribution is 5.95. The van der Waals surface area contributed by atoms with E-state index in [1.54, 1.807) is 13.8 Å². The van der Waals surface area contributed by atoms with Crippen molar-refractivity contribution in [2.75, 3.05) is 6.61 Å². The SMILES string of the molecule is CCOC(=O)C(=CC(=O)O)CC. The van der Waals surface area contributed by atoms with E-state index >= 15 is 0 Å². The Morgan fingerprint density at radius 3 is 2.33 bits per heavy atom. The molecular formula is C8H12O4. The lowest BCUT2D eigenvalue weighted by atomic mass is 10.2. The molecule has 1 N–H and O–H groups in total. The van der Waals surface area contributed by atoms with Gasteiger partial charge in [-0.2, -0.15) is 0 Å². The average Bonchev–Trinajstić information content (AvgIpc) is 2.00. The van der Waals surface area contributed by atoms with E-state index in [1.807, 2.05) is 0 Å². The fraction of sp³-hybridized carbons (Fsp3) is 0.500. The molecule has 0 atom stereocenters. The molecule has 12 heavy (non-hydrogen) atoms. The van der Waals surface area contributed by atoms with Crippen LogP contribution in [0.5, 0.6) is 0 Å². The number of hydrogen-bond donors (Lipinski definition) is 1. The number of rotatable bonds is 4. The Bertz CT molecular complexity index is 205. The Balaban J connectivity index is 4.34. The van der Waals surface area contributed by atoms with Crippen molar-refractivity contribution in [1.29, 1.82) is 0 Å². The van der Waals surface area contributed by atoms with Crippen LogP contribution in [0, 0.1) is 0 Å². The summed E-state index contributed by atoms with van der Waals surface area (Å²) in [7, 11) is 0. The van der Waals surface area contributed by atoms with Crippen LogP contribution < -0.4 is 0 Å². The Morgan fingerprint density at radius 2 is 2.00 bits per heavy atom. The number of carboxylic acid groups (broad SMARTS) is 1. The smallest absolute Gasteiger partial charge is 0.334 e. The van der Waals surface area contributed by atoms with Gasteiger partial charge in [-0.3, -0.25) is 0 Å². The molecule has 0 heterocycles. The molecule has 4 heteroatoms. The van der Waals surface area contributed by atoms with Crippen LogP contribution in [0.4, 0.5) is 0 Å². The first-order valence-electron chi connectivity index (χ1n) is 3.72. The van der Waals surface area contributed by atoms with Crippen molar-refractivity contribution in [2.45, 2.75) is 20.3 Å². The van der Waals surface area contributed by atoms with Gasteiger partial charge in [0.2, 0.25) is 0 Å². The molecule has 4 nitrogen and oxygen atoms in total. The van der Waals surface area contributed by atoms with E-state index in [9.17, 15) is 9.59 Å². The zero-order valence-corrected chi connectivity index (χ0v) is 7.16. The minimum atomic E-state index is -1.13. The van der Waals surface area contributed by atoms with Gasteiger partial charge in [0, 0.05) is 11.6 Å². The van der Waals surface area contributed by atoms with Gasteiger partial charge in [0.15, 0.2) is 0 Å². The number of esters is 1. The molecule has 0 bridgehead atoms. The molecule has 0 fully saturated rings. The summed E-state index contributed by atoms with van der Waals surface area (Å²) in [5.41, 5.74) is 0.185. The highest BCUT2D eigenvalue weighted by atomic mass is 16.5. The lowest BCUT2D eigenvalue weighted by molar-refractivity contribution is -0.139. The molecule has 0 aliphatic carbocycles. The molecular weight excluding hydrogens is 160 g/mol. The molecule has 0 aliphatic rings. The van der Waals surface area contributed by atoms with Crippen molar-refractivity contribution in [1.82, 2.24) is 0 Å². The molecule has 0 saturated heterocycles. The molecule has 0 aromatic carbocycles. The van der Waals surface area contributed by atoms with E-state index in [0.29, 0.717) is 6.42 Å². The van der Waals surface area contributed by atoms with E-state index in [2.05, 4.69) is 4.74 Å². The summed E-state index contributed by atoms with van der Waals surface area (Å²) in [6.45, 7) is 3.63. The second-order valence-electron chi connectivity index (χ2n) is 2.08. The standard InChI is InChI=1S/C8H12O4/c1-3-6(5-7(9)10)8(11)12-4-2/h5H,3-4H2,1-2H3,(H,9,10). The Kier molecular flexibility index (Phi) is 4.76. The van der Waals surface area contributed by atoms with Gasteiger partial charge in [-0.15, -0.1) is 0 Å². The number of carboxylic acids is 1. The normalized spacial score (nSPS) is 11.0. The second-order valence-corrected chi connectivity index (χ2v) is 2.08. The molecule has 0 rings (SSSR count). The zero-order chi connectivity index (χ0) is 9.56. The predicted octanol–water partition coefficient (Wildman–Crippen LogP) is 0.970. The molecule has 0 radical (unpaired) electrons. The van der Waals surface area contributed by atoms with Gasteiger partial charge in [-0.1, -0.05) is 6.92 Å². The summed E-state index contributed by atoms with van der Waals surface area (Å²) in [5.74, 6) is -1.68. The molecule has 0 amide bonds. The van der Waals surface area contributed by atoms with Gasteiger partial charge in [0.05, 0.1) is 6.61 Å². The third-order valence-corrected chi connectivity index (χ3v) is 1.22. The third kappa shape index (κ3) is 3.75. The van der Waals surface area contributed by atoms with Gasteiger partial charge in [-0.05, 0) is 13.3 Å². The van der Waals surface area contributed by atoms with Crippen LogP contribution in [0.3, 0.4) is 0 Å². The van der Waals surface area contributed by atoms with Crippen LogP contribution in [0.25, 0.3) is 0 Å². The van der Waals surface area contributed by atoms with Crippen LogP contribution in [0.1, 0.15) is 20.3 Å². The van der Waals surface area contributed by atoms with Crippen molar-refractivity contribution < 1.29 is 19.4 Å². The first-order chi connectivity index (χ1) is 5.61. The van der Waals surface area contributed by atoms with E-state index in [1.165, 1.54) is 0 Å². The van der Waals surface area contributed by atoms with Crippen molar-refractivity contribution in [3.05, 3.63) is 11.6 Å². The van der Waals surface area contributed by atoms with Gasteiger partial charge >= 0.3 is 11.9 Å². The minimum Gasteiger partial charge on any atom is -0.478 e. The van der Waals surface area contributed by atoms with Gasteiger partial charge in [-0.25, -0.2) is 9.59 Å². The summed E-state index contributed by atoms with van der Waals surface area (Å²) in [6, 6.07) is 0. The maximum absolute atomic E-state index is 11.0. The van der Waals surface area contributed by atoms with E-state index in [0.717, 1.165) is 6.08 Å². The predicted molar refractivity (Wildman–Crippen MR) is 42.6 cm³/mol. The zero-order valence-electron chi connectivity index (χ0n) is 7.16. The largest absolute Gasteiger partial charge is 0.478 e. The van der Waals surface area contributed by atoms with Crippen LogP contribution in [-0.2, 0) is 14.3 Å². The summed E-state index contributed by atoms with van der Waals surface area (Å²) < 4.78 is 4.63. The van der Waals surface area contributed by atoms with Gasteiger partial charge in [0.25, 0.3) is 0 Å². The summed E-state index contributed by atoms with van der Waals surface area (Å²) in [6.07, 6.45) is 1.24. The molecule has 0 spiro atoms. The third-order valence-electron chi connectivity index (χ3n) is 1.22. The lowest BCUT2D eigenvalue weighted by Gasteiger charge is -2.01. The topological polar surface area (TPSA) is 63.6 Å².